The molecule has 0 amide bonds. The van der Waals surface area contributed by atoms with E-state index in [4.69, 9.17) is 10.4 Å². The minimum Gasteiger partial charge on any atom is -0.396 e. The number of hydrogen-bond donors (Lipinski definition) is 1. The van der Waals surface area contributed by atoms with Crippen LogP contribution in [-0.2, 0) is 0 Å². The average molecular weight is 327 g/mol. The number of aliphatic hydroxyl groups excluding tert-OH is 1. The summed E-state index contributed by atoms with van der Waals surface area (Å²) in [5, 5.41) is 17.9. The first-order chi connectivity index (χ1) is 9.19. The van der Waals surface area contributed by atoms with Gasteiger partial charge < -0.3 is 10.0 Å². The topological polar surface area (TPSA) is 47.3 Å². The highest BCUT2D eigenvalue weighted by Gasteiger charge is 2.27. The Morgan fingerprint density at radius 2 is 2.21 bits per heavy atom. The van der Waals surface area contributed by atoms with Crippen LogP contribution >= 0.6 is 15.9 Å². The lowest BCUT2D eigenvalue weighted by molar-refractivity contribution is 0.282. The van der Waals surface area contributed by atoms with Crippen molar-refractivity contribution in [2.24, 2.45) is 0 Å². The minimum absolute atomic E-state index is 0.0995. The highest BCUT2D eigenvalue weighted by molar-refractivity contribution is 9.10. The zero-order valence-corrected chi connectivity index (χ0v) is 12.2. The molecule has 1 fully saturated rings. The number of hydrogen-bond acceptors (Lipinski definition) is 3. The predicted molar refractivity (Wildman–Crippen MR) is 75.5 cm³/mol. The number of benzene rings is 1. The molecule has 5 heteroatoms. The van der Waals surface area contributed by atoms with Gasteiger partial charge >= 0.3 is 0 Å². The van der Waals surface area contributed by atoms with E-state index in [2.05, 4.69) is 15.9 Å². The summed E-state index contributed by atoms with van der Waals surface area (Å²) in [4.78, 5) is 2.01. The molecule has 1 N–H and O–H groups in total. The van der Waals surface area contributed by atoms with Crippen LogP contribution in [0.4, 0.5) is 10.1 Å². The van der Waals surface area contributed by atoms with E-state index in [0.717, 1.165) is 12.8 Å². The van der Waals surface area contributed by atoms with E-state index in [1.54, 1.807) is 12.1 Å². The number of anilines is 1. The molecule has 1 aliphatic rings. The van der Waals surface area contributed by atoms with E-state index in [-0.39, 0.29) is 16.9 Å². The summed E-state index contributed by atoms with van der Waals surface area (Å²) in [6.07, 6.45) is 3.90. The summed E-state index contributed by atoms with van der Waals surface area (Å²) in [6.45, 7) is 0.735. The molecule has 102 valence electrons. The number of nitrogens with zero attached hydrogens (tertiary/aromatic N) is 2. The van der Waals surface area contributed by atoms with Gasteiger partial charge in [-0.2, -0.15) is 5.26 Å². The maximum atomic E-state index is 14.3. The monoisotopic (exact) mass is 326 g/mol. The third kappa shape index (κ3) is 2.90. The molecule has 0 atom stereocenters. The molecule has 3 nitrogen and oxygen atoms in total. The molecule has 1 aliphatic carbocycles. The summed E-state index contributed by atoms with van der Waals surface area (Å²) < 4.78 is 14.6. The van der Waals surface area contributed by atoms with Crippen molar-refractivity contribution in [3.05, 3.63) is 28.0 Å². The minimum atomic E-state index is -0.385. The zero-order valence-electron chi connectivity index (χ0n) is 10.6. The van der Waals surface area contributed by atoms with Crippen molar-refractivity contribution in [3.63, 3.8) is 0 Å². The molecule has 19 heavy (non-hydrogen) atoms. The van der Waals surface area contributed by atoms with Gasteiger partial charge in [0.15, 0.2) is 5.82 Å². The maximum Gasteiger partial charge on any atom is 0.161 e. The van der Waals surface area contributed by atoms with Crippen molar-refractivity contribution in [2.45, 2.75) is 31.7 Å². The molecule has 1 saturated carbocycles. The van der Waals surface area contributed by atoms with Gasteiger partial charge in [-0.05, 0) is 53.7 Å². The van der Waals surface area contributed by atoms with Crippen LogP contribution in [0.3, 0.4) is 0 Å². The van der Waals surface area contributed by atoms with Crippen molar-refractivity contribution in [2.75, 3.05) is 18.1 Å². The quantitative estimate of drug-likeness (QED) is 0.903. The molecule has 0 unspecified atom stereocenters. The van der Waals surface area contributed by atoms with Crippen molar-refractivity contribution in [1.82, 2.24) is 0 Å². The van der Waals surface area contributed by atoms with Gasteiger partial charge in [-0.3, -0.25) is 0 Å². The summed E-state index contributed by atoms with van der Waals surface area (Å²) in [5.74, 6) is -0.385. The molecule has 0 heterocycles. The Hall–Kier alpha value is -1.12. The summed E-state index contributed by atoms with van der Waals surface area (Å²) in [6, 6.07) is 5.60. The van der Waals surface area contributed by atoms with E-state index < -0.39 is 0 Å². The van der Waals surface area contributed by atoms with Crippen LogP contribution in [0.25, 0.3) is 0 Å². The van der Waals surface area contributed by atoms with E-state index >= 15 is 0 Å². The first-order valence-electron chi connectivity index (χ1n) is 6.44. The number of halogens is 2. The smallest absolute Gasteiger partial charge is 0.161 e. The lowest BCUT2D eigenvalue weighted by atomic mass is 9.90. The number of nitriles is 1. The molecule has 0 radical (unpaired) electrons. The fourth-order valence-electron chi connectivity index (χ4n) is 2.29. The molecule has 0 spiro atoms. The van der Waals surface area contributed by atoms with Gasteiger partial charge in [-0.15, -0.1) is 0 Å². The van der Waals surface area contributed by atoms with Gasteiger partial charge in [0.1, 0.15) is 6.07 Å². The first-order valence-corrected chi connectivity index (χ1v) is 7.24. The van der Waals surface area contributed by atoms with Gasteiger partial charge in [0, 0.05) is 19.2 Å². The van der Waals surface area contributed by atoms with Gasteiger partial charge in [0.25, 0.3) is 0 Å². The largest absolute Gasteiger partial charge is 0.396 e. The molecule has 1 aromatic carbocycles. The van der Waals surface area contributed by atoms with Crippen molar-refractivity contribution in [3.8, 4) is 6.07 Å². The van der Waals surface area contributed by atoms with Crippen LogP contribution in [0.1, 0.15) is 31.2 Å². The molecule has 2 rings (SSSR count). The highest BCUT2D eigenvalue weighted by Crippen LogP contribution is 2.34. The Bertz CT molecular complexity index is 497. The fraction of sp³-hybridized carbons (Fsp3) is 0.500. The second-order valence-electron chi connectivity index (χ2n) is 4.73. The van der Waals surface area contributed by atoms with Crippen LogP contribution in [0.5, 0.6) is 0 Å². The Morgan fingerprint density at radius 1 is 1.47 bits per heavy atom. The summed E-state index contributed by atoms with van der Waals surface area (Å²) in [7, 11) is 0. The average Bonchev–Trinajstić information content (AvgIpc) is 2.36. The Kier molecular flexibility index (Phi) is 4.78. The standard InChI is InChI=1S/C14H16BrFN2O/c15-13-10(9-17)5-6-12(14(13)16)18(7-2-8-19)11-3-1-4-11/h5-6,11,19H,1-4,7-8H2. The van der Waals surface area contributed by atoms with Gasteiger partial charge in [0.2, 0.25) is 0 Å². The lowest BCUT2D eigenvalue weighted by Gasteiger charge is -2.39. The van der Waals surface area contributed by atoms with Crippen LogP contribution in [-0.4, -0.2) is 24.3 Å². The van der Waals surface area contributed by atoms with E-state index in [1.807, 2.05) is 11.0 Å². The number of aliphatic hydroxyl groups is 1. The van der Waals surface area contributed by atoms with Crippen LogP contribution in [0.2, 0.25) is 0 Å². The lowest BCUT2D eigenvalue weighted by Crippen LogP contribution is -2.41. The third-order valence-electron chi connectivity index (χ3n) is 3.56. The summed E-state index contributed by atoms with van der Waals surface area (Å²) in [5.41, 5.74) is 0.820. The fourth-order valence-corrected chi connectivity index (χ4v) is 2.71. The van der Waals surface area contributed by atoms with Gasteiger partial charge in [0.05, 0.1) is 15.7 Å². The Balaban J connectivity index is 2.30. The molecule has 0 aromatic heterocycles. The molecule has 0 bridgehead atoms. The third-order valence-corrected chi connectivity index (χ3v) is 4.34. The van der Waals surface area contributed by atoms with Gasteiger partial charge in [-0.1, -0.05) is 0 Å². The van der Waals surface area contributed by atoms with E-state index in [9.17, 15) is 4.39 Å². The van der Waals surface area contributed by atoms with Crippen molar-refractivity contribution >= 4 is 21.6 Å². The van der Waals surface area contributed by atoms with Gasteiger partial charge in [-0.25, -0.2) is 4.39 Å². The Morgan fingerprint density at radius 3 is 2.74 bits per heavy atom. The Labute approximate surface area is 120 Å². The molecule has 1 aromatic rings. The molecule has 0 aliphatic heterocycles. The second kappa shape index (κ2) is 6.36. The van der Waals surface area contributed by atoms with Crippen LogP contribution in [0, 0.1) is 17.1 Å². The molecule has 0 saturated heterocycles. The van der Waals surface area contributed by atoms with Crippen LogP contribution < -0.4 is 4.90 Å². The highest BCUT2D eigenvalue weighted by atomic mass is 79.9. The SMILES string of the molecule is N#Cc1ccc(N(CCCO)C2CCC2)c(F)c1Br. The normalized spacial score (nSPS) is 14.8. The number of rotatable bonds is 5. The maximum absolute atomic E-state index is 14.3. The zero-order chi connectivity index (χ0) is 13.8. The van der Waals surface area contributed by atoms with Crippen molar-refractivity contribution in [1.29, 1.82) is 5.26 Å². The summed E-state index contributed by atoms with van der Waals surface area (Å²) >= 11 is 3.14. The second-order valence-corrected chi connectivity index (χ2v) is 5.52. The predicted octanol–water partition coefficient (Wildman–Crippen LogP) is 3.20. The van der Waals surface area contributed by atoms with E-state index in [1.165, 1.54) is 6.42 Å². The molecular formula is C14H16BrFN2O. The van der Waals surface area contributed by atoms with Crippen LogP contribution in [0.15, 0.2) is 16.6 Å². The van der Waals surface area contributed by atoms with E-state index in [0.29, 0.717) is 30.3 Å². The molecular weight excluding hydrogens is 311 g/mol. The van der Waals surface area contributed by atoms with Crippen molar-refractivity contribution < 1.29 is 9.50 Å². The first kappa shape index (κ1) is 14.3.